The van der Waals surface area contributed by atoms with Crippen LogP contribution in [0, 0.1) is 0 Å². The van der Waals surface area contributed by atoms with Crippen LogP contribution in [0.4, 0.5) is 10.5 Å². The first-order valence-corrected chi connectivity index (χ1v) is 10.8. The van der Waals surface area contributed by atoms with Crippen molar-refractivity contribution >= 4 is 39.3 Å². The van der Waals surface area contributed by atoms with Crippen LogP contribution in [0.15, 0.2) is 24.3 Å². The molecule has 1 atom stereocenters. The molecule has 0 N–H and O–H groups in total. The van der Waals surface area contributed by atoms with Gasteiger partial charge in [-0.25, -0.2) is 13.2 Å². The summed E-state index contributed by atoms with van der Waals surface area (Å²) in [6, 6.07) is 5.35. The molecule has 1 saturated heterocycles. The van der Waals surface area contributed by atoms with Crippen molar-refractivity contribution in [1.82, 2.24) is 9.80 Å². The van der Waals surface area contributed by atoms with Gasteiger partial charge in [0.05, 0.1) is 18.6 Å². The third-order valence-electron chi connectivity index (χ3n) is 4.26. The second kappa shape index (κ2) is 8.79. The van der Waals surface area contributed by atoms with E-state index in [0.29, 0.717) is 43.5 Å². The first-order valence-electron chi connectivity index (χ1n) is 8.60. The summed E-state index contributed by atoms with van der Waals surface area (Å²) in [5.41, 5.74) is 0.368. The molecule has 10 heteroatoms. The number of halogens is 1. The molecule has 1 aliphatic rings. The van der Waals surface area contributed by atoms with Crippen LogP contribution in [-0.2, 0) is 19.6 Å². The SMILES string of the molecule is CCOC(=O)N1CCN(C(=O)C(C)N(c2ccc(Cl)cc2)S(C)(=O)=O)CC1. The Balaban J connectivity index is 2.12. The standard InChI is InChI=1S/C17H24ClN3O5S/c1-4-26-17(23)20-11-9-19(10-12-20)16(22)13(2)21(27(3,24)25)15-7-5-14(18)6-8-15/h5-8,13H,4,9-12H2,1-3H3. The van der Waals surface area contributed by atoms with E-state index in [1.54, 1.807) is 43.0 Å². The van der Waals surface area contributed by atoms with E-state index in [2.05, 4.69) is 0 Å². The normalized spacial score (nSPS) is 16.0. The lowest BCUT2D eigenvalue weighted by Crippen LogP contribution is -2.56. The molecule has 1 unspecified atom stereocenters. The number of nitrogens with zero attached hydrogens (tertiary/aromatic N) is 3. The van der Waals surface area contributed by atoms with Crippen molar-refractivity contribution in [2.45, 2.75) is 19.9 Å². The van der Waals surface area contributed by atoms with Gasteiger partial charge in [0.1, 0.15) is 6.04 Å². The van der Waals surface area contributed by atoms with E-state index in [9.17, 15) is 18.0 Å². The highest BCUT2D eigenvalue weighted by atomic mass is 35.5. The molecule has 2 amide bonds. The Labute approximate surface area is 164 Å². The molecule has 0 aliphatic carbocycles. The zero-order valence-electron chi connectivity index (χ0n) is 15.6. The quantitative estimate of drug-likeness (QED) is 0.728. The Morgan fingerprint density at radius 3 is 2.15 bits per heavy atom. The fourth-order valence-corrected chi connectivity index (χ4v) is 4.27. The van der Waals surface area contributed by atoms with Gasteiger partial charge in [0.25, 0.3) is 0 Å². The van der Waals surface area contributed by atoms with Gasteiger partial charge in [-0.15, -0.1) is 0 Å². The summed E-state index contributed by atoms with van der Waals surface area (Å²) in [5.74, 6) is -0.320. The largest absolute Gasteiger partial charge is 0.450 e. The highest BCUT2D eigenvalue weighted by Crippen LogP contribution is 2.24. The minimum absolute atomic E-state index is 0.291. The van der Waals surface area contributed by atoms with Crippen LogP contribution in [0.25, 0.3) is 0 Å². The molecule has 1 aliphatic heterocycles. The number of anilines is 1. The Bertz CT molecular complexity index is 776. The van der Waals surface area contributed by atoms with Crippen LogP contribution in [-0.4, -0.2) is 75.3 Å². The fourth-order valence-electron chi connectivity index (χ4n) is 2.98. The zero-order chi connectivity index (χ0) is 20.2. The minimum atomic E-state index is -3.69. The Morgan fingerprint density at radius 2 is 1.67 bits per heavy atom. The molecule has 27 heavy (non-hydrogen) atoms. The van der Waals surface area contributed by atoms with Crippen LogP contribution in [0.3, 0.4) is 0 Å². The fraction of sp³-hybridized carbons (Fsp3) is 0.529. The van der Waals surface area contributed by atoms with Crippen LogP contribution in [0.2, 0.25) is 5.02 Å². The molecule has 1 aromatic rings. The van der Waals surface area contributed by atoms with Gasteiger partial charge in [-0.1, -0.05) is 11.6 Å². The summed E-state index contributed by atoms with van der Waals surface area (Å²) in [5, 5.41) is 0.473. The number of hydrogen-bond donors (Lipinski definition) is 0. The van der Waals surface area contributed by atoms with E-state index < -0.39 is 22.2 Å². The Morgan fingerprint density at radius 1 is 1.15 bits per heavy atom. The topological polar surface area (TPSA) is 87.2 Å². The molecule has 0 radical (unpaired) electrons. The van der Waals surface area contributed by atoms with Gasteiger partial charge in [0.15, 0.2) is 0 Å². The van der Waals surface area contributed by atoms with Crippen molar-refractivity contribution in [3.63, 3.8) is 0 Å². The van der Waals surface area contributed by atoms with E-state index in [1.165, 1.54) is 4.90 Å². The maximum atomic E-state index is 12.9. The Hall–Kier alpha value is -2.00. The molecule has 150 valence electrons. The number of rotatable bonds is 5. The molecule has 1 fully saturated rings. The number of piperazine rings is 1. The summed E-state index contributed by atoms with van der Waals surface area (Å²) in [6.45, 7) is 4.90. The average molecular weight is 418 g/mol. The van der Waals surface area contributed by atoms with Crippen LogP contribution < -0.4 is 4.31 Å². The molecule has 2 rings (SSSR count). The summed E-state index contributed by atoms with van der Waals surface area (Å²) >= 11 is 5.87. The van der Waals surface area contributed by atoms with Crippen molar-refractivity contribution in [1.29, 1.82) is 0 Å². The second-order valence-corrected chi connectivity index (χ2v) is 8.52. The number of benzene rings is 1. The van der Waals surface area contributed by atoms with Crippen LogP contribution in [0.1, 0.15) is 13.8 Å². The van der Waals surface area contributed by atoms with Gasteiger partial charge in [-0.3, -0.25) is 9.10 Å². The van der Waals surface area contributed by atoms with Crippen molar-refractivity contribution in [3.8, 4) is 0 Å². The first kappa shape index (κ1) is 21.3. The van der Waals surface area contributed by atoms with Gasteiger partial charge >= 0.3 is 6.09 Å². The number of carbonyl (C=O) groups is 2. The van der Waals surface area contributed by atoms with Gasteiger partial charge in [0.2, 0.25) is 15.9 Å². The van der Waals surface area contributed by atoms with Crippen molar-refractivity contribution in [2.75, 3.05) is 43.3 Å². The van der Waals surface area contributed by atoms with E-state index >= 15 is 0 Å². The van der Waals surface area contributed by atoms with E-state index in [1.807, 2.05) is 0 Å². The Kier molecular flexibility index (Phi) is 6.94. The first-order chi connectivity index (χ1) is 12.6. The predicted molar refractivity (Wildman–Crippen MR) is 103 cm³/mol. The molecule has 1 aromatic carbocycles. The lowest BCUT2D eigenvalue weighted by molar-refractivity contribution is -0.133. The van der Waals surface area contributed by atoms with Gasteiger partial charge in [-0.05, 0) is 38.1 Å². The molecule has 0 bridgehead atoms. The molecule has 0 saturated carbocycles. The molecule has 0 spiro atoms. The summed E-state index contributed by atoms with van der Waals surface area (Å²) < 4.78 is 30.7. The van der Waals surface area contributed by atoms with Crippen molar-refractivity contribution in [2.24, 2.45) is 0 Å². The third-order valence-corrected chi connectivity index (χ3v) is 5.76. The molecular formula is C17H24ClN3O5S. The predicted octanol–water partition coefficient (Wildman–Crippen LogP) is 1.80. The number of amides is 2. The summed E-state index contributed by atoms with van der Waals surface area (Å²) in [4.78, 5) is 27.7. The van der Waals surface area contributed by atoms with E-state index in [0.717, 1.165) is 10.6 Å². The zero-order valence-corrected chi connectivity index (χ0v) is 17.2. The maximum absolute atomic E-state index is 12.9. The molecule has 1 heterocycles. The average Bonchev–Trinajstić information content (AvgIpc) is 2.62. The summed E-state index contributed by atoms with van der Waals surface area (Å²) in [6.07, 6.45) is 0.654. The highest BCUT2D eigenvalue weighted by molar-refractivity contribution is 7.92. The lowest BCUT2D eigenvalue weighted by Gasteiger charge is -2.37. The minimum Gasteiger partial charge on any atom is -0.450 e. The summed E-state index contributed by atoms with van der Waals surface area (Å²) in [7, 11) is -3.69. The lowest BCUT2D eigenvalue weighted by atomic mass is 10.2. The number of ether oxygens (including phenoxy) is 1. The third kappa shape index (κ3) is 5.26. The molecular weight excluding hydrogens is 394 g/mol. The van der Waals surface area contributed by atoms with Crippen LogP contribution in [0.5, 0.6) is 0 Å². The van der Waals surface area contributed by atoms with Crippen molar-refractivity contribution in [3.05, 3.63) is 29.3 Å². The van der Waals surface area contributed by atoms with E-state index in [4.69, 9.17) is 16.3 Å². The van der Waals surface area contributed by atoms with Gasteiger partial charge < -0.3 is 14.5 Å². The maximum Gasteiger partial charge on any atom is 0.409 e. The molecule has 0 aromatic heterocycles. The highest BCUT2D eigenvalue weighted by Gasteiger charge is 2.34. The monoisotopic (exact) mass is 417 g/mol. The number of carbonyl (C=O) groups excluding carboxylic acids is 2. The second-order valence-electron chi connectivity index (χ2n) is 6.22. The number of sulfonamides is 1. The smallest absolute Gasteiger partial charge is 0.409 e. The van der Waals surface area contributed by atoms with Gasteiger partial charge in [0, 0.05) is 31.2 Å². The van der Waals surface area contributed by atoms with Crippen LogP contribution >= 0.6 is 11.6 Å². The van der Waals surface area contributed by atoms with Crippen molar-refractivity contribution < 1.29 is 22.7 Å². The molecule has 8 nitrogen and oxygen atoms in total. The van der Waals surface area contributed by atoms with E-state index in [-0.39, 0.29) is 5.91 Å². The number of hydrogen-bond acceptors (Lipinski definition) is 5. The van der Waals surface area contributed by atoms with Gasteiger partial charge in [-0.2, -0.15) is 0 Å².